The van der Waals surface area contributed by atoms with E-state index in [4.69, 9.17) is 0 Å². The van der Waals surface area contributed by atoms with Crippen LogP contribution in [0.5, 0.6) is 0 Å². The zero-order valence-corrected chi connectivity index (χ0v) is 14.9. The first-order valence-electron chi connectivity index (χ1n) is 8.41. The van der Waals surface area contributed by atoms with Gasteiger partial charge in [0.15, 0.2) is 0 Å². The number of carbonyl (C=O) groups excluding carboxylic acids is 1. The monoisotopic (exact) mass is 336 g/mol. The predicted molar refractivity (Wildman–Crippen MR) is 96.3 cm³/mol. The van der Waals surface area contributed by atoms with Crippen LogP contribution in [0.4, 0.5) is 16.2 Å². The summed E-state index contributed by atoms with van der Waals surface area (Å²) < 4.78 is 0. The van der Waals surface area contributed by atoms with E-state index in [2.05, 4.69) is 43.2 Å². The number of amides is 2. The van der Waals surface area contributed by atoms with Crippen LogP contribution < -0.4 is 10.6 Å². The number of nitro groups is 1. The van der Waals surface area contributed by atoms with Crippen molar-refractivity contribution in [3.05, 3.63) is 34.4 Å². The standard InChI is InChI=1S/C17H28N4O3/c1-5-20(6-2)14(11-13(3)4)12-18-17(22)19-15-9-7-8-10-16(15)21(23)24/h7-10,13-14H,5-6,11-12H2,1-4H3,(H2,18,19,22). The van der Waals surface area contributed by atoms with Crippen molar-refractivity contribution in [2.45, 2.75) is 40.2 Å². The van der Waals surface area contributed by atoms with E-state index in [-0.39, 0.29) is 17.4 Å². The fourth-order valence-electron chi connectivity index (χ4n) is 2.76. The Morgan fingerprint density at radius 3 is 2.42 bits per heavy atom. The van der Waals surface area contributed by atoms with Crippen LogP contribution in [0.2, 0.25) is 0 Å². The average Bonchev–Trinajstić information content (AvgIpc) is 2.53. The van der Waals surface area contributed by atoms with Crippen LogP contribution in [-0.4, -0.2) is 41.5 Å². The van der Waals surface area contributed by atoms with E-state index >= 15 is 0 Å². The molecule has 0 aliphatic heterocycles. The minimum atomic E-state index is -0.507. The molecule has 134 valence electrons. The summed E-state index contributed by atoms with van der Waals surface area (Å²) in [6.07, 6.45) is 0.980. The molecule has 0 fully saturated rings. The maximum Gasteiger partial charge on any atom is 0.319 e. The van der Waals surface area contributed by atoms with Gasteiger partial charge >= 0.3 is 6.03 Å². The lowest BCUT2D eigenvalue weighted by Gasteiger charge is -2.31. The van der Waals surface area contributed by atoms with Gasteiger partial charge in [-0.05, 0) is 31.5 Å². The predicted octanol–water partition coefficient (Wildman–Crippen LogP) is 3.47. The fraction of sp³-hybridized carbons (Fsp3) is 0.588. The maximum absolute atomic E-state index is 12.1. The van der Waals surface area contributed by atoms with E-state index in [0.717, 1.165) is 19.5 Å². The molecular formula is C17H28N4O3. The molecule has 1 unspecified atom stereocenters. The normalized spacial score (nSPS) is 12.2. The third-order valence-electron chi connectivity index (χ3n) is 3.92. The van der Waals surface area contributed by atoms with Gasteiger partial charge in [-0.15, -0.1) is 0 Å². The van der Waals surface area contributed by atoms with Crippen LogP contribution in [0.3, 0.4) is 0 Å². The number of nitrogens with one attached hydrogen (secondary N) is 2. The molecule has 7 nitrogen and oxygen atoms in total. The number of anilines is 1. The van der Waals surface area contributed by atoms with Gasteiger partial charge in [-0.2, -0.15) is 0 Å². The minimum Gasteiger partial charge on any atom is -0.336 e. The molecule has 0 aliphatic carbocycles. The van der Waals surface area contributed by atoms with Gasteiger partial charge in [0.25, 0.3) is 5.69 Å². The molecule has 0 saturated heterocycles. The third-order valence-corrected chi connectivity index (χ3v) is 3.92. The molecule has 1 rings (SSSR count). The molecule has 0 radical (unpaired) electrons. The van der Waals surface area contributed by atoms with E-state index in [1.54, 1.807) is 12.1 Å². The number of nitrogens with zero attached hydrogens (tertiary/aromatic N) is 2. The van der Waals surface area contributed by atoms with Gasteiger partial charge in [0.2, 0.25) is 0 Å². The summed E-state index contributed by atoms with van der Waals surface area (Å²) >= 11 is 0. The van der Waals surface area contributed by atoms with Crippen LogP contribution in [0.1, 0.15) is 34.1 Å². The Balaban J connectivity index is 2.68. The molecule has 2 amide bonds. The molecule has 24 heavy (non-hydrogen) atoms. The Bertz CT molecular complexity index is 544. The summed E-state index contributed by atoms with van der Waals surface area (Å²) in [6, 6.07) is 5.93. The van der Waals surface area contributed by atoms with Crippen molar-refractivity contribution in [3.8, 4) is 0 Å². The van der Waals surface area contributed by atoms with Gasteiger partial charge < -0.3 is 10.6 Å². The van der Waals surface area contributed by atoms with Crippen molar-refractivity contribution in [1.29, 1.82) is 0 Å². The highest BCUT2D eigenvalue weighted by Gasteiger charge is 2.19. The quantitative estimate of drug-likeness (QED) is 0.534. The molecule has 1 aromatic carbocycles. The number of hydrogen-bond acceptors (Lipinski definition) is 4. The molecule has 7 heteroatoms. The average molecular weight is 336 g/mol. The summed E-state index contributed by atoms with van der Waals surface area (Å²) in [5, 5.41) is 16.4. The zero-order valence-electron chi connectivity index (χ0n) is 14.9. The molecule has 0 bridgehead atoms. The molecule has 0 aromatic heterocycles. The van der Waals surface area contributed by atoms with Gasteiger partial charge in [0, 0.05) is 18.7 Å². The van der Waals surface area contributed by atoms with E-state index in [1.165, 1.54) is 12.1 Å². The van der Waals surface area contributed by atoms with Gasteiger partial charge in [-0.3, -0.25) is 15.0 Å². The summed E-state index contributed by atoms with van der Waals surface area (Å²) in [5.74, 6) is 0.524. The summed E-state index contributed by atoms with van der Waals surface area (Å²) in [4.78, 5) is 24.9. The Kier molecular flexibility index (Phi) is 8.18. The fourth-order valence-corrected chi connectivity index (χ4v) is 2.76. The van der Waals surface area contributed by atoms with Crippen LogP contribution in [-0.2, 0) is 0 Å². The number of carbonyl (C=O) groups is 1. The van der Waals surface area contributed by atoms with Gasteiger partial charge in [0.05, 0.1) is 4.92 Å². The highest BCUT2D eigenvalue weighted by molar-refractivity contribution is 5.91. The van der Waals surface area contributed by atoms with Crippen LogP contribution >= 0.6 is 0 Å². The number of hydrogen-bond donors (Lipinski definition) is 2. The van der Waals surface area contributed by atoms with Gasteiger partial charge in [0.1, 0.15) is 5.69 Å². The van der Waals surface area contributed by atoms with Crippen LogP contribution in [0, 0.1) is 16.0 Å². The summed E-state index contributed by atoms with van der Waals surface area (Å²) in [6.45, 7) is 10.9. The highest BCUT2D eigenvalue weighted by Crippen LogP contribution is 2.22. The zero-order chi connectivity index (χ0) is 18.1. The van der Waals surface area contributed by atoms with E-state index in [1.807, 2.05) is 0 Å². The molecule has 0 heterocycles. The number of para-hydroxylation sites is 2. The Labute approximate surface area is 143 Å². The lowest BCUT2D eigenvalue weighted by molar-refractivity contribution is -0.383. The molecule has 2 N–H and O–H groups in total. The molecule has 1 aromatic rings. The number of urea groups is 1. The topological polar surface area (TPSA) is 87.5 Å². The molecular weight excluding hydrogens is 308 g/mol. The first-order valence-corrected chi connectivity index (χ1v) is 8.41. The second-order valence-corrected chi connectivity index (χ2v) is 6.11. The highest BCUT2D eigenvalue weighted by atomic mass is 16.6. The van der Waals surface area contributed by atoms with Crippen molar-refractivity contribution in [2.24, 2.45) is 5.92 Å². The Hall–Kier alpha value is -2.15. The van der Waals surface area contributed by atoms with Crippen LogP contribution in [0.25, 0.3) is 0 Å². The molecule has 0 spiro atoms. The molecule has 1 atom stereocenters. The number of nitro benzene ring substituents is 1. The smallest absolute Gasteiger partial charge is 0.319 e. The largest absolute Gasteiger partial charge is 0.336 e. The lowest BCUT2D eigenvalue weighted by Crippen LogP contribution is -2.45. The van der Waals surface area contributed by atoms with E-state index in [9.17, 15) is 14.9 Å². The van der Waals surface area contributed by atoms with E-state index < -0.39 is 11.0 Å². The number of rotatable bonds is 9. The Morgan fingerprint density at radius 2 is 1.88 bits per heavy atom. The first-order chi connectivity index (χ1) is 11.4. The summed E-state index contributed by atoms with van der Waals surface area (Å²) in [7, 11) is 0. The molecule has 0 aliphatic rings. The van der Waals surface area contributed by atoms with Crippen molar-refractivity contribution in [2.75, 3.05) is 25.0 Å². The second-order valence-electron chi connectivity index (χ2n) is 6.11. The molecule has 0 saturated carbocycles. The first kappa shape index (κ1) is 19.9. The van der Waals surface area contributed by atoms with E-state index in [0.29, 0.717) is 12.5 Å². The van der Waals surface area contributed by atoms with Crippen molar-refractivity contribution in [1.82, 2.24) is 10.2 Å². The SMILES string of the molecule is CCN(CC)C(CNC(=O)Nc1ccccc1[N+](=O)[O-])CC(C)C. The second kappa shape index (κ2) is 9.87. The van der Waals surface area contributed by atoms with Gasteiger partial charge in [-0.1, -0.05) is 39.8 Å². The number of benzene rings is 1. The maximum atomic E-state index is 12.1. The summed E-state index contributed by atoms with van der Waals surface area (Å²) in [5.41, 5.74) is 0.0818. The Morgan fingerprint density at radius 1 is 1.25 bits per heavy atom. The lowest BCUT2D eigenvalue weighted by atomic mass is 10.0. The van der Waals surface area contributed by atoms with Gasteiger partial charge in [-0.25, -0.2) is 4.79 Å². The number of likely N-dealkylation sites (N-methyl/N-ethyl adjacent to an activating group) is 1. The van der Waals surface area contributed by atoms with Crippen molar-refractivity contribution < 1.29 is 9.72 Å². The van der Waals surface area contributed by atoms with Crippen molar-refractivity contribution in [3.63, 3.8) is 0 Å². The third kappa shape index (κ3) is 6.16. The van der Waals surface area contributed by atoms with Crippen LogP contribution in [0.15, 0.2) is 24.3 Å². The van der Waals surface area contributed by atoms with Crippen molar-refractivity contribution >= 4 is 17.4 Å². The minimum absolute atomic E-state index is 0.116.